The lowest BCUT2D eigenvalue weighted by Gasteiger charge is -2.21. The molecule has 2 N–H and O–H groups in total. The topological polar surface area (TPSA) is 41.5 Å². The summed E-state index contributed by atoms with van der Waals surface area (Å²) in [5.41, 5.74) is 0.909. The van der Waals surface area contributed by atoms with Crippen molar-refractivity contribution >= 4 is 0 Å². The maximum absolute atomic E-state index is 10.1. The minimum absolute atomic E-state index is 0.259. The van der Waals surface area contributed by atoms with Gasteiger partial charge in [0.15, 0.2) is 11.5 Å². The molecular weight excluding hydrogens is 238 g/mol. The molecule has 0 aromatic heterocycles. The van der Waals surface area contributed by atoms with Crippen LogP contribution >= 0.6 is 0 Å². The predicted octanol–water partition coefficient (Wildman–Crippen LogP) is 3.32. The lowest BCUT2D eigenvalue weighted by Crippen LogP contribution is -2.32. The number of phenolic OH excluding ortho intramolecular Hbond substituents is 1. The molecule has 1 aliphatic rings. The van der Waals surface area contributed by atoms with Gasteiger partial charge in [-0.05, 0) is 30.7 Å². The Balaban J connectivity index is 1.96. The molecule has 0 saturated heterocycles. The second-order valence-electron chi connectivity index (χ2n) is 5.56. The van der Waals surface area contributed by atoms with Crippen molar-refractivity contribution in [1.29, 1.82) is 0 Å². The standard InChI is InChI=1S/C16H25NO2/c1-4-12-8-9-14(11(12)2)17-10-13-6-5-7-15(19-3)16(13)18/h5-7,11-12,14,17-18H,4,8-10H2,1-3H3. The highest BCUT2D eigenvalue weighted by molar-refractivity contribution is 5.45. The molecule has 3 heteroatoms. The van der Waals surface area contributed by atoms with Crippen molar-refractivity contribution in [2.24, 2.45) is 11.8 Å². The van der Waals surface area contributed by atoms with Crippen molar-refractivity contribution in [2.75, 3.05) is 7.11 Å². The van der Waals surface area contributed by atoms with Crippen LogP contribution in [0.1, 0.15) is 38.7 Å². The molecule has 0 aliphatic heterocycles. The maximum Gasteiger partial charge on any atom is 0.162 e. The van der Waals surface area contributed by atoms with Crippen LogP contribution in [0.2, 0.25) is 0 Å². The third kappa shape index (κ3) is 3.03. The van der Waals surface area contributed by atoms with E-state index in [4.69, 9.17) is 4.74 Å². The summed E-state index contributed by atoms with van der Waals surface area (Å²) in [6.45, 7) is 5.32. The molecule has 0 amide bonds. The van der Waals surface area contributed by atoms with Gasteiger partial charge in [0.1, 0.15) is 0 Å². The number of methoxy groups -OCH3 is 1. The van der Waals surface area contributed by atoms with Crippen LogP contribution in [0.25, 0.3) is 0 Å². The molecule has 3 unspecified atom stereocenters. The Labute approximate surface area is 116 Å². The van der Waals surface area contributed by atoms with E-state index in [0.717, 1.165) is 17.4 Å². The lowest BCUT2D eigenvalue weighted by molar-refractivity contribution is 0.339. The number of aromatic hydroxyl groups is 1. The average molecular weight is 263 g/mol. The van der Waals surface area contributed by atoms with Crippen LogP contribution in [-0.2, 0) is 6.54 Å². The molecule has 3 nitrogen and oxygen atoms in total. The summed E-state index contributed by atoms with van der Waals surface area (Å²) in [5, 5.41) is 13.7. The first kappa shape index (κ1) is 14.2. The number of nitrogens with one attached hydrogen (secondary N) is 1. The highest BCUT2D eigenvalue weighted by Crippen LogP contribution is 2.35. The summed E-state index contributed by atoms with van der Waals surface area (Å²) in [5.74, 6) is 2.37. The third-order valence-corrected chi connectivity index (χ3v) is 4.61. The van der Waals surface area contributed by atoms with Crippen LogP contribution in [0.5, 0.6) is 11.5 Å². The van der Waals surface area contributed by atoms with Gasteiger partial charge in [0, 0.05) is 18.2 Å². The molecule has 3 atom stereocenters. The molecule has 0 radical (unpaired) electrons. The van der Waals surface area contributed by atoms with Crippen LogP contribution < -0.4 is 10.1 Å². The largest absolute Gasteiger partial charge is 0.504 e. The second kappa shape index (κ2) is 6.29. The Kier molecular flexibility index (Phi) is 4.70. The van der Waals surface area contributed by atoms with Crippen LogP contribution in [-0.4, -0.2) is 18.3 Å². The van der Waals surface area contributed by atoms with Crippen molar-refractivity contribution in [3.8, 4) is 11.5 Å². The molecule has 0 bridgehead atoms. The van der Waals surface area contributed by atoms with Gasteiger partial charge in [-0.2, -0.15) is 0 Å². The second-order valence-corrected chi connectivity index (χ2v) is 5.56. The maximum atomic E-state index is 10.1. The average Bonchev–Trinajstić information content (AvgIpc) is 2.78. The molecule has 1 aromatic rings. The van der Waals surface area contributed by atoms with Gasteiger partial charge in [0.05, 0.1) is 7.11 Å². The monoisotopic (exact) mass is 263 g/mol. The van der Waals surface area contributed by atoms with Crippen molar-refractivity contribution in [1.82, 2.24) is 5.32 Å². The zero-order valence-corrected chi connectivity index (χ0v) is 12.1. The zero-order valence-electron chi connectivity index (χ0n) is 12.1. The molecular formula is C16H25NO2. The molecule has 0 spiro atoms. The SMILES string of the molecule is CCC1CCC(NCc2cccc(OC)c2O)C1C. The van der Waals surface area contributed by atoms with Gasteiger partial charge in [-0.3, -0.25) is 0 Å². The molecule has 1 aromatic carbocycles. The van der Waals surface area contributed by atoms with E-state index >= 15 is 0 Å². The first-order chi connectivity index (χ1) is 9.17. The number of hydrogen-bond donors (Lipinski definition) is 2. The Morgan fingerprint density at radius 1 is 1.37 bits per heavy atom. The predicted molar refractivity (Wildman–Crippen MR) is 77.5 cm³/mol. The number of phenols is 1. The van der Waals surface area contributed by atoms with Crippen LogP contribution in [0.4, 0.5) is 0 Å². The van der Waals surface area contributed by atoms with Crippen LogP contribution in [0, 0.1) is 11.8 Å². The van der Waals surface area contributed by atoms with Crippen LogP contribution in [0.3, 0.4) is 0 Å². The summed E-state index contributed by atoms with van der Waals surface area (Å²) < 4.78 is 5.14. The van der Waals surface area contributed by atoms with E-state index in [-0.39, 0.29) is 5.75 Å². The molecule has 106 valence electrons. The Morgan fingerprint density at radius 2 is 2.16 bits per heavy atom. The Morgan fingerprint density at radius 3 is 2.79 bits per heavy atom. The fourth-order valence-corrected chi connectivity index (χ4v) is 3.23. The van der Waals surface area contributed by atoms with Gasteiger partial charge in [-0.15, -0.1) is 0 Å². The van der Waals surface area contributed by atoms with E-state index < -0.39 is 0 Å². The van der Waals surface area contributed by atoms with Crippen LogP contribution in [0.15, 0.2) is 18.2 Å². The smallest absolute Gasteiger partial charge is 0.162 e. The normalized spacial score (nSPS) is 26.6. The summed E-state index contributed by atoms with van der Waals surface area (Å²) in [6.07, 6.45) is 3.83. The Hall–Kier alpha value is -1.22. The van der Waals surface area contributed by atoms with Gasteiger partial charge in [-0.25, -0.2) is 0 Å². The van der Waals surface area contributed by atoms with Gasteiger partial charge >= 0.3 is 0 Å². The summed E-state index contributed by atoms with van der Waals surface area (Å²) in [6, 6.07) is 6.21. The Bertz CT molecular complexity index is 419. The summed E-state index contributed by atoms with van der Waals surface area (Å²) in [4.78, 5) is 0. The quantitative estimate of drug-likeness (QED) is 0.856. The number of ether oxygens (including phenoxy) is 1. The van der Waals surface area contributed by atoms with Gasteiger partial charge in [-0.1, -0.05) is 32.4 Å². The highest BCUT2D eigenvalue weighted by Gasteiger charge is 2.31. The minimum Gasteiger partial charge on any atom is -0.504 e. The first-order valence-corrected chi connectivity index (χ1v) is 7.25. The van der Waals surface area contributed by atoms with Gasteiger partial charge in [0.2, 0.25) is 0 Å². The van der Waals surface area contributed by atoms with Gasteiger partial charge < -0.3 is 15.2 Å². The molecule has 2 rings (SSSR count). The van der Waals surface area contributed by atoms with Crippen molar-refractivity contribution in [3.63, 3.8) is 0 Å². The van der Waals surface area contributed by atoms with E-state index in [1.54, 1.807) is 13.2 Å². The fraction of sp³-hybridized carbons (Fsp3) is 0.625. The number of para-hydroxylation sites is 1. The number of hydrogen-bond acceptors (Lipinski definition) is 3. The minimum atomic E-state index is 0.259. The number of benzene rings is 1. The van der Waals surface area contributed by atoms with E-state index in [1.165, 1.54) is 19.3 Å². The van der Waals surface area contributed by atoms with E-state index in [0.29, 0.717) is 18.3 Å². The number of rotatable bonds is 5. The van der Waals surface area contributed by atoms with Crippen molar-refractivity contribution in [3.05, 3.63) is 23.8 Å². The van der Waals surface area contributed by atoms with Crippen molar-refractivity contribution in [2.45, 2.75) is 45.7 Å². The van der Waals surface area contributed by atoms with Gasteiger partial charge in [0.25, 0.3) is 0 Å². The van der Waals surface area contributed by atoms with E-state index in [2.05, 4.69) is 19.2 Å². The zero-order chi connectivity index (χ0) is 13.8. The fourth-order valence-electron chi connectivity index (χ4n) is 3.23. The van der Waals surface area contributed by atoms with Crippen molar-refractivity contribution < 1.29 is 9.84 Å². The summed E-state index contributed by atoms with van der Waals surface area (Å²) >= 11 is 0. The summed E-state index contributed by atoms with van der Waals surface area (Å²) in [7, 11) is 1.58. The highest BCUT2D eigenvalue weighted by atomic mass is 16.5. The van der Waals surface area contributed by atoms with E-state index in [1.807, 2.05) is 12.1 Å². The molecule has 1 fully saturated rings. The third-order valence-electron chi connectivity index (χ3n) is 4.61. The molecule has 1 saturated carbocycles. The molecule has 19 heavy (non-hydrogen) atoms. The first-order valence-electron chi connectivity index (χ1n) is 7.25. The van der Waals surface area contributed by atoms with E-state index in [9.17, 15) is 5.11 Å². The molecule has 0 heterocycles. The lowest BCUT2D eigenvalue weighted by atomic mass is 9.93. The molecule has 1 aliphatic carbocycles.